The van der Waals surface area contributed by atoms with Crippen molar-refractivity contribution in [2.75, 3.05) is 13.6 Å². The van der Waals surface area contributed by atoms with Crippen LogP contribution >= 0.6 is 0 Å². The molecule has 1 saturated carbocycles. The molecule has 2 aliphatic carbocycles. The number of benzene rings is 1. The van der Waals surface area contributed by atoms with Crippen LogP contribution in [-0.4, -0.2) is 58.9 Å². The number of likely N-dealkylation sites (tertiary alicyclic amines) is 1. The van der Waals surface area contributed by atoms with Crippen LogP contribution in [0.3, 0.4) is 0 Å². The smallest absolute Gasteiger partial charge is 0.477 e. The van der Waals surface area contributed by atoms with Gasteiger partial charge >= 0.3 is 6.16 Å². The van der Waals surface area contributed by atoms with Crippen LogP contribution < -0.4 is 9.47 Å². The Morgan fingerprint density at radius 1 is 1.31 bits per heavy atom. The van der Waals surface area contributed by atoms with E-state index in [1.165, 1.54) is 0 Å². The van der Waals surface area contributed by atoms with Crippen molar-refractivity contribution < 1.29 is 28.9 Å². The number of nitrogens with zero attached hydrogens (tertiary/aromatic N) is 1. The summed E-state index contributed by atoms with van der Waals surface area (Å²) in [6.45, 7) is 6.07. The third-order valence-corrected chi connectivity index (χ3v) is 7.09. The molecule has 7 nitrogen and oxygen atoms in total. The van der Waals surface area contributed by atoms with Gasteiger partial charge in [-0.05, 0) is 65.3 Å². The average molecular weight is 401 g/mol. The van der Waals surface area contributed by atoms with Gasteiger partial charge in [-0.3, -0.25) is 4.79 Å². The Morgan fingerprint density at radius 3 is 2.79 bits per heavy atom. The first kappa shape index (κ1) is 18.9. The molecule has 2 aliphatic heterocycles. The lowest BCUT2D eigenvalue weighted by Crippen LogP contribution is -2.76. The van der Waals surface area contributed by atoms with E-state index >= 15 is 0 Å². The van der Waals surface area contributed by atoms with Crippen molar-refractivity contribution in [3.63, 3.8) is 0 Å². The number of ether oxygens (including phenoxy) is 3. The highest BCUT2D eigenvalue weighted by molar-refractivity contribution is 5.90. The van der Waals surface area contributed by atoms with Crippen LogP contribution in [0.25, 0.3) is 0 Å². The van der Waals surface area contributed by atoms with Crippen LogP contribution in [0.2, 0.25) is 0 Å². The fourth-order valence-corrected chi connectivity index (χ4v) is 5.97. The fourth-order valence-electron chi connectivity index (χ4n) is 5.97. The van der Waals surface area contributed by atoms with E-state index in [0.717, 1.165) is 17.7 Å². The molecule has 1 saturated heterocycles. The minimum atomic E-state index is -1.04. The molecule has 1 N–H and O–H groups in total. The quantitative estimate of drug-likeness (QED) is 0.571. The fraction of sp³-hybridized carbons (Fsp3) is 0.636. The van der Waals surface area contributed by atoms with Gasteiger partial charge in [0.15, 0.2) is 23.4 Å². The van der Waals surface area contributed by atoms with Gasteiger partial charge in [-0.2, -0.15) is 0 Å². The van der Waals surface area contributed by atoms with Gasteiger partial charge in [0, 0.05) is 18.0 Å². The molecule has 7 heteroatoms. The Kier molecular flexibility index (Phi) is 3.73. The number of carbonyl (C=O) groups excluding carboxylic acids is 2. The van der Waals surface area contributed by atoms with Gasteiger partial charge in [-0.1, -0.05) is 6.07 Å². The number of piperidine rings is 1. The number of ketones is 1. The summed E-state index contributed by atoms with van der Waals surface area (Å²) in [6.07, 6.45) is 0.463. The molecule has 29 heavy (non-hydrogen) atoms. The monoisotopic (exact) mass is 401 g/mol. The number of hydrogen-bond acceptors (Lipinski definition) is 7. The van der Waals surface area contributed by atoms with Crippen molar-refractivity contribution >= 4 is 11.9 Å². The molecule has 4 aliphatic rings. The maximum absolute atomic E-state index is 12.9. The average Bonchev–Trinajstić information content (AvgIpc) is 2.97. The van der Waals surface area contributed by atoms with E-state index in [0.29, 0.717) is 31.4 Å². The van der Waals surface area contributed by atoms with Gasteiger partial charge in [0.25, 0.3) is 0 Å². The SMILES string of the molecule is CN1CC[C@]23c4c5ccc(OC(=O)OC(C)(C)C)c4O[C@H]2C(=O)CC[C@@]3(O)C1C5. The zero-order valence-electron chi connectivity index (χ0n) is 17.3. The number of rotatable bonds is 1. The summed E-state index contributed by atoms with van der Waals surface area (Å²) in [7, 11) is 2.03. The Labute approximate surface area is 169 Å². The van der Waals surface area contributed by atoms with E-state index in [1.807, 2.05) is 13.1 Å². The molecule has 2 fully saturated rings. The lowest BCUT2D eigenvalue weighted by molar-refractivity contribution is -0.185. The molecule has 1 unspecified atom stereocenters. The Morgan fingerprint density at radius 2 is 2.07 bits per heavy atom. The Bertz CT molecular complexity index is 921. The second kappa shape index (κ2) is 5.73. The highest BCUT2D eigenvalue weighted by Crippen LogP contribution is 2.64. The molecule has 0 radical (unpaired) electrons. The molecule has 1 aromatic carbocycles. The van der Waals surface area contributed by atoms with Crippen molar-refractivity contribution in [3.8, 4) is 11.5 Å². The van der Waals surface area contributed by atoms with Crippen molar-refractivity contribution in [3.05, 3.63) is 23.3 Å². The normalized spacial score (nSPS) is 35.0. The van der Waals surface area contributed by atoms with Crippen LogP contribution in [0.5, 0.6) is 11.5 Å². The first-order valence-corrected chi connectivity index (χ1v) is 10.3. The maximum atomic E-state index is 12.9. The van der Waals surface area contributed by atoms with Gasteiger partial charge in [-0.15, -0.1) is 0 Å². The van der Waals surface area contributed by atoms with Gasteiger partial charge < -0.3 is 24.2 Å². The topological polar surface area (TPSA) is 85.3 Å². The standard InChI is InChI=1S/C22H27NO6/c1-20(2,3)29-19(25)27-14-6-5-12-11-15-22(26)8-7-13(24)18-21(22,9-10-23(15)4)16(12)17(14)28-18/h5-6,15,18,26H,7-11H2,1-4H3/t15?,18-,21-,22+/m0/s1. The largest absolute Gasteiger partial charge is 0.514 e. The molecular formula is C22H27NO6. The van der Waals surface area contributed by atoms with E-state index < -0.39 is 28.9 Å². The molecule has 0 aromatic heterocycles. The minimum absolute atomic E-state index is 0.00486. The van der Waals surface area contributed by atoms with Gasteiger partial charge in [-0.25, -0.2) is 4.79 Å². The summed E-state index contributed by atoms with van der Waals surface area (Å²) in [5.74, 6) is 0.662. The van der Waals surface area contributed by atoms with E-state index in [9.17, 15) is 14.7 Å². The summed E-state index contributed by atoms with van der Waals surface area (Å²) in [5.41, 5.74) is -0.605. The highest BCUT2D eigenvalue weighted by Gasteiger charge is 2.72. The van der Waals surface area contributed by atoms with Crippen LogP contribution in [0, 0.1) is 0 Å². The van der Waals surface area contributed by atoms with Crippen LogP contribution in [0.4, 0.5) is 4.79 Å². The number of carbonyl (C=O) groups is 2. The van der Waals surface area contributed by atoms with E-state index in [1.54, 1.807) is 26.8 Å². The summed E-state index contributed by atoms with van der Waals surface area (Å²) in [6, 6.07) is 3.57. The maximum Gasteiger partial charge on any atom is 0.514 e. The summed E-state index contributed by atoms with van der Waals surface area (Å²) in [5, 5.41) is 11.9. The first-order chi connectivity index (χ1) is 13.6. The molecular weight excluding hydrogens is 374 g/mol. The molecule has 5 rings (SSSR count). The summed E-state index contributed by atoms with van der Waals surface area (Å²) in [4.78, 5) is 27.3. The number of aliphatic hydroxyl groups is 1. The van der Waals surface area contributed by atoms with Crippen molar-refractivity contribution in [2.24, 2.45) is 0 Å². The van der Waals surface area contributed by atoms with Crippen molar-refractivity contribution in [1.29, 1.82) is 0 Å². The highest BCUT2D eigenvalue weighted by atomic mass is 16.7. The molecule has 2 bridgehead atoms. The molecule has 1 aromatic rings. The van der Waals surface area contributed by atoms with E-state index in [2.05, 4.69) is 4.90 Å². The van der Waals surface area contributed by atoms with E-state index in [-0.39, 0.29) is 17.6 Å². The third kappa shape index (κ3) is 2.37. The summed E-state index contributed by atoms with van der Waals surface area (Å²) < 4.78 is 17.0. The van der Waals surface area contributed by atoms with Gasteiger partial charge in [0.05, 0.1) is 11.0 Å². The van der Waals surface area contributed by atoms with Crippen molar-refractivity contribution in [1.82, 2.24) is 4.90 Å². The van der Waals surface area contributed by atoms with Crippen LogP contribution in [0.1, 0.15) is 51.2 Å². The summed E-state index contributed by atoms with van der Waals surface area (Å²) >= 11 is 0. The van der Waals surface area contributed by atoms with Crippen LogP contribution in [-0.2, 0) is 21.4 Å². The Hall–Kier alpha value is -2.12. The number of Topliss-reactive ketones (excluding diaryl/α,β-unsaturated/α-hetero) is 1. The number of likely N-dealkylation sites (N-methyl/N-ethyl adjacent to an activating group) is 1. The first-order valence-electron chi connectivity index (χ1n) is 10.3. The molecule has 4 atom stereocenters. The molecule has 2 heterocycles. The predicted octanol–water partition coefficient (Wildman–Crippen LogP) is 2.35. The zero-order valence-corrected chi connectivity index (χ0v) is 17.3. The number of hydrogen-bond donors (Lipinski definition) is 1. The Balaban J connectivity index is 1.64. The second-order valence-corrected chi connectivity index (χ2v) is 9.80. The van der Waals surface area contributed by atoms with Crippen LogP contribution in [0.15, 0.2) is 12.1 Å². The third-order valence-electron chi connectivity index (χ3n) is 7.09. The second-order valence-electron chi connectivity index (χ2n) is 9.80. The lowest BCUT2D eigenvalue weighted by atomic mass is 9.49. The van der Waals surface area contributed by atoms with Gasteiger partial charge in [0.1, 0.15) is 5.60 Å². The zero-order chi connectivity index (χ0) is 20.8. The lowest BCUT2D eigenvalue weighted by Gasteiger charge is -2.61. The van der Waals surface area contributed by atoms with Crippen molar-refractivity contribution in [2.45, 2.75) is 75.2 Å². The molecule has 0 amide bonds. The van der Waals surface area contributed by atoms with Gasteiger partial charge in [0.2, 0.25) is 0 Å². The van der Waals surface area contributed by atoms with E-state index in [4.69, 9.17) is 14.2 Å². The molecule has 156 valence electrons. The molecule has 1 spiro atoms. The minimum Gasteiger partial charge on any atom is -0.477 e. The predicted molar refractivity (Wildman–Crippen MR) is 103 cm³/mol.